The van der Waals surface area contributed by atoms with Gasteiger partial charge in [0.2, 0.25) is 0 Å². The molecule has 0 saturated carbocycles. The summed E-state index contributed by atoms with van der Waals surface area (Å²) in [5, 5.41) is 12.0. The fourth-order valence-corrected chi connectivity index (χ4v) is 6.70. The van der Waals surface area contributed by atoms with Crippen LogP contribution in [0.5, 0.6) is 0 Å². The maximum atomic E-state index is 12.0. The van der Waals surface area contributed by atoms with Crippen LogP contribution in [0.4, 0.5) is 5.69 Å². The predicted octanol–water partition coefficient (Wildman–Crippen LogP) is 7.68. The van der Waals surface area contributed by atoms with Crippen LogP contribution in [-0.2, 0) is 20.9 Å². The Balaban J connectivity index is 1.36. The molecule has 0 bridgehead atoms. The number of nitrogens with one attached hydrogen (secondary N) is 1. The van der Waals surface area contributed by atoms with E-state index in [1.165, 1.54) is 0 Å². The number of nitrogens with zero attached hydrogens (tertiary/aromatic N) is 1. The first-order chi connectivity index (χ1) is 18.7. The summed E-state index contributed by atoms with van der Waals surface area (Å²) in [4.78, 5) is 16.8. The summed E-state index contributed by atoms with van der Waals surface area (Å²) in [6.45, 7) is 2.11. The van der Waals surface area contributed by atoms with Gasteiger partial charge in [0.05, 0.1) is 29.0 Å². The van der Waals surface area contributed by atoms with Crippen LogP contribution in [0.25, 0.3) is 10.2 Å². The summed E-state index contributed by atoms with van der Waals surface area (Å²) in [6.07, 6.45) is -1.00. The Morgan fingerprint density at radius 1 is 1.03 bits per heavy atom. The summed E-state index contributed by atoms with van der Waals surface area (Å²) in [5.74, 6) is 0.00669. The van der Waals surface area contributed by atoms with Gasteiger partial charge in [0, 0.05) is 22.9 Å². The fraction of sp³-hybridized carbons (Fsp3) is 0.286. The normalized spacial score (nSPS) is 21.7. The molecule has 6 nitrogen and oxygen atoms in total. The quantitative estimate of drug-likeness (QED) is 0.162. The smallest absolute Gasteiger partial charge is 0.276 e. The van der Waals surface area contributed by atoms with Crippen LogP contribution in [0.1, 0.15) is 36.0 Å². The molecule has 1 aromatic heterocycles. The largest absolute Gasteiger partial charge is 0.392 e. The molecular weight excluding hydrogens is 599 g/mol. The molecule has 1 fully saturated rings. The van der Waals surface area contributed by atoms with E-state index in [0.29, 0.717) is 11.4 Å². The fourth-order valence-electron chi connectivity index (χ4n) is 4.30. The number of ether oxygens (including phenoxy) is 2. The molecule has 4 atom stereocenters. The minimum Gasteiger partial charge on any atom is -0.392 e. The van der Waals surface area contributed by atoms with Gasteiger partial charge in [-0.2, -0.15) is 0 Å². The number of para-hydroxylation sites is 1. The Morgan fingerprint density at radius 3 is 2.38 bits per heavy atom. The van der Waals surface area contributed by atoms with Crippen molar-refractivity contribution in [2.24, 2.45) is 5.92 Å². The van der Waals surface area contributed by atoms with Crippen molar-refractivity contribution in [2.75, 3.05) is 11.1 Å². The Morgan fingerprint density at radius 2 is 1.72 bits per heavy atom. The highest BCUT2D eigenvalue weighted by molar-refractivity contribution is 8.01. The first-order valence-electron chi connectivity index (χ1n) is 12.2. The monoisotopic (exact) mass is 622 g/mol. The first-order valence-corrected chi connectivity index (χ1v) is 15.1. The zero-order chi connectivity index (χ0) is 27.6. The third-order valence-electron chi connectivity index (χ3n) is 6.47. The number of carbonyl (C=O) groups is 1. The summed E-state index contributed by atoms with van der Waals surface area (Å²) in [5.41, 5.74) is 4.12. The average molecular weight is 624 g/mol. The molecule has 2 N–H and O–H groups in total. The van der Waals surface area contributed by atoms with Crippen LogP contribution < -0.4 is 5.32 Å². The highest BCUT2D eigenvalue weighted by Crippen LogP contribution is 2.43. The number of amides is 1. The average Bonchev–Trinajstić information content (AvgIpc) is 3.36. The van der Waals surface area contributed by atoms with Crippen molar-refractivity contribution in [3.63, 3.8) is 0 Å². The van der Waals surface area contributed by atoms with E-state index in [1.54, 1.807) is 35.2 Å². The molecule has 0 radical (unpaired) electrons. The van der Waals surface area contributed by atoms with Crippen molar-refractivity contribution < 1.29 is 19.4 Å². The number of aliphatic hydroxyl groups excluding tert-OH is 1. The number of benzene rings is 3. The van der Waals surface area contributed by atoms with Crippen LogP contribution in [0.15, 0.2) is 77.1 Å². The van der Waals surface area contributed by atoms with Gasteiger partial charge in [-0.3, -0.25) is 4.79 Å². The van der Waals surface area contributed by atoms with Gasteiger partial charge in [-0.05, 0) is 35.4 Å². The molecule has 0 aliphatic carbocycles. The third-order valence-corrected chi connectivity index (χ3v) is 9.25. The second-order valence-corrected chi connectivity index (χ2v) is 13.7. The van der Waals surface area contributed by atoms with Gasteiger partial charge in [0.15, 0.2) is 10.6 Å². The SMILES string of the molecule is C[C@@H]1[C@H](CSc2nc3ccccc3s2)O[C@H](c2ccc(NC(=O)C(Cl)(Cl)Cl)cc2)O[C@@H]1c1ccc(CO)cc1. The van der Waals surface area contributed by atoms with Gasteiger partial charge in [-0.25, -0.2) is 4.98 Å². The van der Waals surface area contributed by atoms with Gasteiger partial charge < -0.3 is 19.9 Å². The molecule has 0 spiro atoms. The standard InChI is InChI=1S/C28H25Cl3N2O4S2/c1-16-22(15-38-27-33-21-4-2-3-5-23(21)39-27)36-25(37-24(16)18-8-6-17(14-34)7-9-18)19-10-12-20(13-11-19)32-26(35)28(29,30)31/h2-13,16,22,24-25,34H,14-15H2,1H3,(H,32,35)/t16-,22+,24+,25+/m1/s1. The lowest BCUT2D eigenvalue weighted by molar-refractivity contribution is -0.268. The number of anilines is 1. The van der Waals surface area contributed by atoms with Crippen LogP contribution in [0.2, 0.25) is 0 Å². The molecular formula is C28H25Cl3N2O4S2. The van der Waals surface area contributed by atoms with Crippen molar-refractivity contribution in [1.29, 1.82) is 0 Å². The van der Waals surface area contributed by atoms with Crippen molar-refractivity contribution in [3.05, 3.63) is 89.5 Å². The molecule has 3 aromatic carbocycles. The molecule has 4 aromatic rings. The molecule has 1 aliphatic heterocycles. The number of carbonyl (C=O) groups excluding carboxylic acids is 1. The number of alkyl halides is 3. The van der Waals surface area contributed by atoms with Gasteiger partial charge in [-0.1, -0.05) is 102 Å². The van der Waals surface area contributed by atoms with Gasteiger partial charge in [0.25, 0.3) is 9.70 Å². The van der Waals surface area contributed by atoms with Gasteiger partial charge in [-0.15, -0.1) is 11.3 Å². The summed E-state index contributed by atoms with van der Waals surface area (Å²) < 4.78 is 13.1. The molecule has 2 heterocycles. The Bertz CT molecular complexity index is 1390. The lowest BCUT2D eigenvalue weighted by Gasteiger charge is -2.41. The molecule has 39 heavy (non-hydrogen) atoms. The molecule has 5 rings (SSSR count). The second kappa shape index (κ2) is 12.3. The molecule has 1 saturated heterocycles. The minimum atomic E-state index is -2.06. The molecule has 11 heteroatoms. The van der Waals surface area contributed by atoms with Crippen molar-refractivity contribution in [3.8, 4) is 0 Å². The Kier molecular flexibility index (Phi) is 9.05. The first kappa shape index (κ1) is 28.6. The van der Waals surface area contributed by atoms with Gasteiger partial charge in [0.1, 0.15) is 0 Å². The zero-order valence-corrected chi connectivity index (χ0v) is 24.6. The van der Waals surface area contributed by atoms with E-state index in [-0.39, 0.29) is 24.7 Å². The lowest BCUT2D eigenvalue weighted by Crippen LogP contribution is -2.38. The van der Waals surface area contributed by atoms with Crippen LogP contribution in [0.3, 0.4) is 0 Å². The number of aliphatic hydroxyl groups is 1. The van der Waals surface area contributed by atoms with Gasteiger partial charge >= 0.3 is 0 Å². The highest BCUT2D eigenvalue weighted by Gasteiger charge is 2.38. The minimum absolute atomic E-state index is 0.0182. The van der Waals surface area contributed by atoms with E-state index in [1.807, 2.05) is 54.6 Å². The zero-order valence-electron chi connectivity index (χ0n) is 20.7. The number of thiazole rings is 1. The van der Waals surface area contributed by atoms with E-state index in [9.17, 15) is 9.90 Å². The van der Waals surface area contributed by atoms with Crippen LogP contribution >= 0.6 is 57.9 Å². The Hall–Kier alpha value is -1.88. The molecule has 0 unspecified atom stereocenters. The number of halogens is 3. The summed E-state index contributed by atoms with van der Waals surface area (Å²) in [7, 11) is 0. The van der Waals surface area contributed by atoms with Crippen LogP contribution in [-0.4, -0.2) is 31.6 Å². The molecule has 204 valence electrons. The number of hydrogen-bond donors (Lipinski definition) is 2. The second-order valence-electron chi connectivity index (χ2n) is 9.15. The number of aromatic nitrogens is 1. The van der Waals surface area contributed by atoms with E-state index >= 15 is 0 Å². The topological polar surface area (TPSA) is 80.7 Å². The maximum absolute atomic E-state index is 12.0. The number of rotatable bonds is 7. The van der Waals surface area contributed by atoms with E-state index in [2.05, 4.69) is 18.3 Å². The maximum Gasteiger partial charge on any atom is 0.276 e. The predicted molar refractivity (Wildman–Crippen MR) is 159 cm³/mol. The number of thioether (sulfide) groups is 1. The highest BCUT2D eigenvalue weighted by atomic mass is 35.6. The van der Waals surface area contributed by atoms with Crippen LogP contribution in [0, 0.1) is 5.92 Å². The van der Waals surface area contributed by atoms with E-state index < -0.39 is 16.0 Å². The molecule has 1 aliphatic rings. The van der Waals surface area contributed by atoms with Crippen molar-refractivity contribution in [2.45, 2.75) is 40.2 Å². The van der Waals surface area contributed by atoms with E-state index in [4.69, 9.17) is 49.3 Å². The summed E-state index contributed by atoms with van der Waals surface area (Å²) >= 11 is 20.3. The van der Waals surface area contributed by atoms with Crippen molar-refractivity contribution >= 4 is 79.7 Å². The Labute approximate surface area is 249 Å². The molecule has 1 amide bonds. The number of hydrogen-bond acceptors (Lipinski definition) is 7. The van der Waals surface area contributed by atoms with Crippen molar-refractivity contribution in [1.82, 2.24) is 4.98 Å². The summed E-state index contributed by atoms with van der Waals surface area (Å²) in [6, 6.07) is 23.0. The lowest BCUT2D eigenvalue weighted by atomic mass is 9.91. The number of fused-ring (bicyclic) bond motifs is 1. The van der Waals surface area contributed by atoms with E-state index in [0.717, 1.165) is 31.2 Å². The third kappa shape index (κ3) is 6.89.